The predicted octanol–water partition coefficient (Wildman–Crippen LogP) is 2.00. The van der Waals surface area contributed by atoms with Crippen molar-refractivity contribution in [3.8, 4) is 12.1 Å². The Morgan fingerprint density at radius 3 is 2.35 bits per heavy atom. The summed E-state index contributed by atoms with van der Waals surface area (Å²) in [5, 5.41) is 17.8. The van der Waals surface area contributed by atoms with E-state index in [-0.39, 0.29) is 6.42 Å². The van der Waals surface area contributed by atoms with Gasteiger partial charge in [-0.2, -0.15) is 10.5 Å². The maximum absolute atomic E-state index is 11.3. The lowest BCUT2D eigenvalue weighted by Gasteiger charge is -2.16. The fraction of sp³-hybridized carbons (Fsp3) is 0.308. The van der Waals surface area contributed by atoms with Crippen LogP contribution in [0, 0.1) is 28.6 Å². The first kappa shape index (κ1) is 12.7. The summed E-state index contributed by atoms with van der Waals surface area (Å²) in [5.74, 6) is -1.72. The quantitative estimate of drug-likeness (QED) is 0.738. The number of carbonyl (C=O) groups excluding carboxylic acids is 1. The van der Waals surface area contributed by atoms with E-state index in [2.05, 4.69) is 4.74 Å². The van der Waals surface area contributed by atoms with Crippen molar-refractivity contribution in [3.05, 3.63) is 35.9 Å². The van der Waals surface area contributed by atoms with Crippen molar-refractivity contribution in [2.45, 2.75) is 12.3 Å². The molecule has 1 rings (SSSR count). The van der Waals surface area contributed by atoms with Gasteiger partial charge < -0.3 is 4.74 Å². The molecule has 0 spiro atoms. The van der Waals surface area contributed by atoms with Crippen molar-refractivity contribution in [2.24, 2.45) is 5.92 Å². The molecule has 0 aliphatic carbocycles. The second-order valence-corrected chi connectivity index (χ2v) is 3.53. The van der Waals surface area contributed by atoms with Crippen LogP contribution in [0.4, 0.5) is 0 Å². The molecule has 0 saturated carbocycles. The van der Waals surface area contributed by atoms with Gasteiger partial charge in [0.2, 0.25) is 0 Å². The monoisotopic (exact) mass is 228 g/mol. The van der Waals surface area contributed by atoms with E-state index in [0.29, 0.717) is 0 Å². The van der Waals surface area contributed by atoms with E-state index in [4.69, 9.17) is 10.5 Å². The zero-order chi connectivity index (χ0) is 12.7. The molecule has 0 saturated heterocycles. The molecule has 1 aromatic rings. The Morgan fingerprint density at radius 1 is 1.29 bits per heavy atom. The Hall–Kier alpha value is -2.33. The number of carbonyl (C=O) groups is 1. The van der Waals surface area contributed by atoms with Gasteiger partial charge >= 0.3 is 5.97 Å². The van der Waals surface area contributed by atoms with Crippen LogP contribution >= 0.6 is 0 Å². The Kier molecular flexibility index (Phi) is 4.72. The zero-order valence-corrected chi connectivity index (χ0v) is 9.46. The third kappa shape index (κ3) is 3.32. The average Bonchev–Trinajstić information content (AvgIpc) is 2.39. The van der Waals surface area contributed by atoms with Gasteiger partial charge in [-0.1, -0.05) is 30.3 Å². The molecule has 86 valence electrons. The van der Waals surface area contributed by atoms with Crippen LogP contribution in [-0.2, 0) is 9.53 Å². The van der Waals surface area contributed by atoms with Crippen LogP contribution in [0.3, 0.4) is 0 Å². The molecule has 0 radical (unpaired) electrons. The summed E-state index contributed by atoms with van der Waals surface area (Å²) >= 11 is 0. The molecule has 4 nitrogen and oxygen atoms in total. The lowest BCUT2D eigenvalue weighted by Crippen LogP contribution is -2.15. The maximum Gasteiger partial charge on any atom is 0.306 e. The minimum absolute atomic E-state index is 0.0340. The summed E-state index contributed by atoms with van der Waals surface area (Å²) in [5.41, 5.74) is 0.797. The van der Waals surface area contributed by atoms with Crippen LogP contribution in [0.25, 0.3) is 0 Å². The number of benzene rings is 1. The topological polar surface area (TPSA) is 73.9 Å². The number of nitrogens with zero attached hydrogens (tertiary/aromatic N) is 2. The molecule has 1 atom stereocenters. The molecular formula is C13H12N2O2. The first-order valence-electron chi connectivity index (χ1n) is 5.14. The molecule has 0 aliphatic rings. The van der Waals surface area contributed by atoms with E-state index in [9.17, 15) is 4.79 Å². The van der Waals surface area contributed by atoms with E-state index in [1.165, 1.54) is 7.11 Å². The van der Waals surface area contributed by atoms with Gasteiger partial charge in [0.25, 0.3) is 0 Å². The summed E-state index contributed by atoms with van der Waals surface area (Å²) < 4.78 is 4.58. The number of esters is 1. The molecule has 0 heterocycles. The number of methoxy groups -OCH3 is 1. The molecule has 0 bridgehead atoms. The summed E-state index contributed by atoms with van der Waals surface area (Å²) in [6, 6.07) is 12.9. The van der Waals surface area contributed by atoms with Gasteiger partial charge in [-0.05, 0) is 5.56 Å². The fourth-order valence-electron chi connectivity index (χ4n) is 1.60. The summed E-state index contributed by atoms with van der Waals surface area (Å²) in [7, 11) is 1.29. The first-order valence-corrected chi connectivity index (χ1v) is 5.14. The second kappa shape index (κ2) is 6.30. The normalized spacial score (nSPS) is 11.3. The fourth-order valence-corrected chi connectivity index (χ4v) is 1.60. The van der Waals surface area contributed by atoms with Crippen LogP contribution in [0.5, 0.6) is 0 Å². The number of hydrogen-bond donors (Lipinski definition) is 0. The molecule has 0 unspecified atom stereocenters. The van der Waals surface area contributed by atoms with Crippen molar-refractivity contribution in [1.29, 1.82) is 10.5 Å². The molecule has 0 amide bonds. The molecular weight excluding hydrogens is 216 g/mol. The van der Waals surface area contributed by atoms with Crippen molar-refractivity contribution >= 4 is 5.97 Å². The third-order valence-electron chi connectivity index (χ3n) is 2.52. The van der Waals surface area contributed by atoms with Gasteiger partial charge in [0.05, 0.1) is 25.7 Å². The zero-order valence-electron chi connectivity index (χ0n) is 9.46. The highest BCUT2D eigenvalue weighted by Gasteiger charge is 2.25. The summed E-state index contributed by atoms with van der Waals surface area (Å²) in [6.45, 7) is 0. The standard InChI is InChI=1S/C13H12N2O2/c1-17-13(16)7-12(11(8-14)9-15)10-5-3-2-4-6-10/h2-6,11-12H,7H2,1H3/t12-/m1/s1. The highest BCUT2D eigenvalue weighted by atomic mass is 16.5. The number of nitriles is 2. The van der Waals surface area contributed by atoms with Gasteiger partial charge in [0.1, 0.15) is 5.92 Å². The smallest absolute Gasteiger partial charge is 0.306 e. The summed E-state index contributed by atoms with van der Waals surface area (Å²) in [6.07, 6.45) is 0.0340. The van der Waals surface area contributed by atoms with Crippen LogP contribution in [0.2, 0.25) is 0 Å². The SMILES string of the molecule is COC(=O)C[C@H](c1ccccc1)C(C#N)C#N. The first-order chi connectivity index (χ1) is 8.22. The highest BCUT2D eigenvalue weighted by molar-refractivity contribution is 5.70. The number of hydrogen-bond acceptors (Lipinski definition) is 4. The molecule has 4 heteroatoms. The van der Waals surface area contributed by atoms with Crippen molar-refractivity contribution in [2.75, 3.05) is 7.11 Å². The third-order valence-corrected chi connectivity index (χ3v) is 2.52. The van der Waals surface area contributed by atoms with Crippen molar-refractivity contribution < 1.29 is 9.53 Å². The van der Waals surface area contributed by atoms with Gasteiger partial charge in [-0.3, -0.25) is 4.79 Å². The minimum atomic E-state index is -0.850. The molecule has 1 aromatic carbocycles. The van der Waals surface area contributed by atoms with E-state index in [1.54, 1.807) is 12.1 Å². The van der Waals surface area contributed by atoms with Gasteiger partial charge in [0.15, 0.2) is 0 Å². The van der Waals surface area contributed by atoms with Crippen LogP contribution < -0.4 is 0 Å². The van der Waals surface area contributed by atoms with E-state index in [1.807, 2.05) is 30.3 Å². The predicted molar refractivity (Wildman–Crippen MR) is 60.5 cm³/mol. The van der Waals surface area contributed by atoms with Crippen LogP contribution in [0.1, 0.15) is 17.9 Å². The Bertz CT molecular complexity index is 443. The summed E-state index contributed by atoms with van der Waals surface area (Å²) in [4.78, 5) is 11.3. The minimum Gasteiger partial charge on any atom is -0.469 e. The van der Waals surface area contributed by atoms with E-state index < -0.39 is 17.8 Å². The Balaban J connectivity index is 3.00. The lowest BCUT2D eigenvalue weighted by atomic mass is 9.85. The molecule has 0 N–H and O–H groups in total. The van der Waals surface area contributed by atoms with E-state index >= 15 is 0 Å². The largest absolute Gasteiger partial charge is 0.469 e. The Labute approximate surface area is 100 Å². The van der Waals surface area contributed by atoms with Crippen molar-refractivity contribution in [3.63, 3.8) is 0 Å². The van der Waals surface area contributed by atoms with Gasteiger partial charge in [0, 0.05) is 5.92 Å². The Morgan fingerprint density at radius 2 is 1.88 bits per heavy atom. The van der Waals surface area contributed by atoms with Crippen LogP contribution in [0.15, 0.2) is 30.3 Å². The van der Waals surface area contributed by atoms with Gasteiger partial charge in [-0.15, -0.1) is 0 Å². The maximum atomic E-state index is 11.3. The van der Waals surface area contributed by atoms with Gasteiger partial charge in [-0.25, -0.2) is 0 Å². The number of ether oxygens (including phenoxy) is 1. The molecule has 0 aliphatic heterocycles. The molecule has 0 fully saturated rings. The average molecular weight is 228 g/mol. The molecule has 0 aromatic heterocycles. The molecule has 17 heavy (non-hydrogen) atoms. The second-order valence-electron chi connectivity index (χ2n) is 3.53. The lowest BCUT2D eigenvalue weighted by molar-refractivity contribution is -0.141. The van der Waals surface area contributed by atoms with Crippen molar-refractivity contribution in [1.82, 2.24) is 0 Å². The van der Waals surface area contributed by atoms with E-state index in [0.717, 1.165) is 5.56 Å². The highest BCUT2D eigenvalue weighted by Crippen LogP contribution is 2.27. The number of rotatable bonds is 4. The van der Waals surface area contributed by atoms with Crippen LogP contribution in [-0.4, -0.2) is 13.1 Å².